The van der Waals surface area contributed by atoms with Crippen LogP contribution in [0.2, 0.25) is 0 Å². The minimum atomic E-state index is -3.92. The summed E-state index contributed by atoms with van der Waals surface area (Å²) >= 11 is 0. The Kier molecular flexibility index (Phi) is 3.96. The molecule has 1 amide bonds. The Labute approximate surface area is 133 Å². The molecule has 3 rings (SSSR count). The monoisotopic (exact) mass is 344 g/mol. The topological polar surface area (TPSA) is 98.3 Å². The van der Waals surface area contributed by atoms with E-state index in [1.165, 1.54) is 6.20 Å². The van der Waals surface area contributed by atoms with Crippen molar-refractivity contribution in [1.82, 2.24) is 9.97 Å². The van der Waals surface area contributed by atoms with Crippen molar-refractivity contribution in [1.29, 1.82) is 0 Å². The van der Waals surface area contributed by atoms with Crippen LogP contribution in [0.1, 0.15) is 31.4 Å². The van der Waals surface area contributed by atoms with E-state index in [2.05, 4.69) is 14.3 Å². The van der Waals surface area contributed by atoms with Gasteiger partial charge in [0.25, 0.3) is 0 Å². The van der Waals surface area contributed by atoms with Gasteiger partial charge in [-0.2, -0.15) is 13.1 Å². The van der Waals surface area contributed by atoms with Gasteiger partial charge in [0, 0.05) is 29.4 Å². The second kappa shape index (κ2) is 5.55. The number of halogens is 2. The van der Waals surface area contributed by atoms with Gasteiger partial charge in [0.1, 0.15) is 5.69 Å². The highest BCUT2D eigenvalue weighted by Gasteiger charge is 2.48. The highest BCUT2D eigenvalue weighted by Crippen LogP contribution is 2.44. The summed E-state index contributed by atoms with van der Waals surface area (Å²) in [5, 5.41) is 0. The number of rotatable bonds is 3. The highest BCUT2D eigenvalue weighted by atomic mass is 32.2. The number of alkyl halides is 2. The predicted molar refractivity (Wildman–Crippen MR) is 80.1 cm³/mol. The molecule has 126 valence electrons. The summed E-state index contributed by atoms with van der Waals surface area (Å²) in [5.41, 5.74) is 5.16. The second-order valence-electron chi connectivity index (χ2n) is 6.25. The van der Waals surface area contributed by atoms with Gasteiger partial charge in [-0.25, -0.2) is 4.21 Å². The SMILES string of the molecule is NC1(C2CCS(=O)(=NC(=O)C(F)(F)c3cnccn3)CC2)CC1. The molecule has 9 heteroatoms. The fourth-order valence-corrected chi connectivity index (χ4v) is 5.01. The van der Waals surface area contributed by atoms with Crippen molar-refractivity contribution in [3.63, 3.8) is 0 Å². The van der Waals surface area contributed by atoms with Gasteiger partial charge < -0.3 is 5.73 Å². The molecule has 23 heavy (non-hydrogen) atoms. The van der Waals surface area contributed by atoms with Crippen molar-refractivity contribution in [3.8, 4) is 0 Å². The van der Waals surface area contributed by atoms with Gasteiger partial charge in [-0.3, -0.25) is 14.8 Å². The fourth-order valence-electron chi connectivity index (χ4n) is 2.90. The van der Waals surface area contributed by atoms with Gasteiger partial charge >= 0.3 is 11.8 Å². The Morgan fingerprint density at radius 3 is 2.52 bits per heavy atom. The molecule has 1 saturated carbocycles. The summed E-state index contributed by atoms with van der Waals surface area (Å²) in [4.78, 5) is 18.8. The third-order valence-electron chi connectivity index (χ3n) is 4.61. The predicted octanol–water partition coefficient (Wildman–Crippen LogP) is 1.46. The minimum Gasteiger partial charge on any atom is -0.325 e. The zero-order valence-electron chi connectivity index (χ0n) is 12.5. The summed E-state index contributed by atoms with van der Waals surface area (Å²) in [6, 6.07) is 0. The molecule has 0 unspecified atom stereocenters. The first-order valence-corrected chi connectivity index (χ1v) is 9.31. The minimum absolute atomic E-state index is 0.138. The lowest BCUT2D eigenvalue weighted by molar-refractivity contribution is -0.143. The maximum absolute atomic E-state index is 14.1. The van der Waals surface area contributed by atoms with Crippen LogP contribution in [0.4, 0.5) is 8.78 Å². The molecule has 1 aromatic rings. The summed E-state index contributed by atoms with van der Waals surface area (Å²) in [6.45, 7) is 0. The summed E-state index contributed by atoms with van der Waals surface area (Å²) < 4.78 is 44.1. The van der Waals surface area contributed by atoms with E-state index in [9.17, 15) is 17.8 Å². The van der Waals surface area contributed by atoms with Gasteiger partial charge in [0.15, 0.2) is 0 Å². The van der Waals surface area contributed by atoms with E-state index in [0.29, 0.717) is 12.8 Å². The molecule has 2 N–H and O–H groups in total. The number of carbonyl (C=O) groups excluding carboxylic acids is 1. The molecule has 0 bridgehead atoms. The summed E-state index contributed by atoms with van der Waals surface area (Å²) in [5.74, 6) is -5.11. The van der Waals surface area contributed by atoms with Crippen LogP contribution >= 0.6 is 0 Å². The smallest absolute Gasteiger partial charge is 0.325 e. The van der Waals surface area contributed by atoms with Crippen LogP contribution in [0, 0.1) is 5.92 Å². The van der Waals surface area contributed by atoms with Crippen molar-refractivity contribution in [2.24, 2.45) is 16.0 Å². The van der Waals surface area contributed by atoms with Crippen molar-refractivity contribution in [2.75, 3.05) is 11.5 Å². The van der Waals surface area contributed by atoms with E-state index in [1.54, 1.807) is 0 Å². The largest absolute Gasteiger partial charge is 0.370 e. The zero-order valence-corrected chi connectivity index (χ0v) is 13.3. The maximum Gasteiger partial charge on any atom is 0.370 e. The van der Waals surface area contributed by atoms with Crippen LogP contribution in [-0.2, 0) is 20.4 Å². The molecular formula is C14H18F2N4O2S. The first kappa shape index (κ1) is 16.4. The molecule has 0 spiro atoms. The molecule has 1 saturated heterocycles. The van der Waals surface area contributed by atoms with Crippen LogP contribution in [0.3, 0.4) is 0 Å². The fraction of sp³-hybridized carbons (Fsp3) is 0.643. The van der Waals surface area contributed by atoms with E-state index >= 15 is 0 Å². The van der Waals surface area contributed by atoms with E-state index in [-0.39, 0.29) is 23.0 Å². The molecular weight excluding hydrogens is 326 g/mol. The summed E-state index contributed by atoms with van der Waals surface area (Å²) in [7, 11) is -2.95. The average Bonchev–Trinajstić information content (AvgIpc) is 3.27. The molecule has 0 aromatic carbocycles. The lowest BCUT2D eigenvalue weighted by Crippen LogP contribution is -2.38. The lowest BCUT2D eigenvalue weighted by Gasteiger charge is -2.29. The van der Waals surface area contributed by atoms with Crippen molar-refractivity contribution in [3.05, 3.63) is 24.3 Å². The van der Waals surface area contributed by atoms with Gasteiger partial charge in [0.2, 0.25) is 0 Å². The number of nitrogens with two attached hydrogens (primary N) is 1. The number of carbonyl (C=O) groups is 1. The number of amides is 1. The Hall–Kier alpha value is -1.48. The van der Waals surface area contributed by atoms with Gasteiger partial charge in [-0.05, 0) is 31.6 Å². The normalized spacial score (nSPS) is 29.8. The molecule has 2 fully saturated rings. The number of hydrogen-bond donors (Lipinski definition) is 1. The Balaban J connectivity index is 1.75. The molecule has 1 aliphatic carbocycles. The van der Waals surface area contributed by atoms with Crippen LogP contribution < -0.4 is 5.73 Å². The number of hydrogen-bond acceptors (Lipinski definition) is 5. The summed E-state index contributed by atoms with van der Waals surface area (Å²) in [6.07, 6.45) is 6.11. The van der Waals surface area contributed by atoms with Crippen LogP contribution in [-0.4, -0.2) is 37.1 Å². The van der Waals surface area contributed by atoms with E-state index in [0.717, 1.165) is 25.2 Å². The second-order valence-corrected chi connectivity index (χ2v) is 8.79. The third kappa shape index (κ3) is 3.25. The number of aromatic nitrogens is 2. The molecule has 1 aliphatic heterocycles. The van der Waals surface area contributed by atoms with Crippen molar-refractivity contribution < 1.29 is 17.8 Å². The van der Waals surface area contributed by atoms with E-state index in [4.69, 9.17) is 5.73 Å². The van der Waals surface area contributed by atoms with Crippen LogP contribution in [0.5, 0.6) is 0 Å². The van der Waals surface area contributed by atoms with Gasteiger partial charge in [-0.1, -0.05) is 0 Å². The standard InChI is InChI=1S/C14H18F2N4O2S/c15-14(16,11-9-18-5-6-19-11)12(21)20-23(22)7-1-10(2-8-23)13(17)3-4-13/h5-6,9-10H,1-4,7-8,17H2. The first-order valence-electron chi connectivity index (χ1n) is 7.45. The Morgan fingerprint density at radius 2 is 2.00 bits per heavy atom. The van der Waals surface area contributed by atoms with Crippen LogP contribution in [0.25, 0.3) is 0 Å². The highest BCUT2D eigenvalue weighted by molar-refractivity contribution is 7.93. The molecule has 2 aliphatic rings. The van der Waals surface area contributed by atoms with E-state index < -0.39 is 27.3 Å². The van der Waals surface area contributed by atoms with E-state index in [1.807, 2.05) is 0 Å². The Bertz CT molecular complexity index is 714. The zero-order chi connectivity index (χ0) is 16.7. The van der Waals surface area contributed by atoms with Gasteiger partial charge in [-0.15, -0.1) is 0 Å². The molecule has 2 heterocycles. The maximum atomic E-state index is 14.1. The molecule has 6 nitrogen and oxygen atoms in total. The molecule has 0 radical (unpaired) electrons. The molecule has 1 aromatic heterocycles. The number of nitrogens with zero attached hydrogens (tertiary/aromatic N) is 3. The first-order chi connectivity index (χ1) is 10.8. The van der Waals surface area contributed by atoms with Crippen molar-refractivity contribution in [2.45, 2.75) is 37.1 Å². The van der Waals surface area contributed by atoms with Gasteiger partial charge in [0.05, 0.1) is 15.9 Å². The Morgan fingerprint density at radius 1 is 1.35 bits per heavy atom. The average molecular weight is 344 g/mol. The lowest BCUT2D eigenvalue weighted by atomic mass is 9.92. The third-order valence-corrected chi connectivity index (χ3v) is 6.86. The quantitative estimate of drug-likeness (QED) is 0.895. The van der Waals surface area contributed by atoms with Crippen molar-refractivity contribution >= 4 is 15.6 Å². The molecule has 0 atom stereocenters. The van der Waals surface area contributed by atoms with Crippen LogP contribution in [0.15, 0.2) is 23.0 Å².